The van der Waals surface area contributed by atoms with E-state index in [2.05, 4.69) is 5.32 Å². The molecule has 1 aromatic carbocycles. The molecule has 0 radical (unpaired) electrons. The number of halogens is 1. The van der Waals surface area contributed by atoms with Crippen molar-refractivity contribution in [2.75, 3.05) is 12.8 Å². The zero-order chi connectivity index (χ0) is 12.2. The maximum Gasteiger partial charge on any atom is 0.155 e. The van der Waals surface area contributed by atoms with Crippen molar-refractivity contribution in [3.8, 4) is 0 Å². The average Bonchev–Trinajstić information content (AvgIpc) is 2.20. The SMILES string of the molecule is CNC(C)CS(=O)(=O)Cc1ccc(Cl)cc1. The van der Waals surface area contributed by atoms with Crippen LogP contribution in [-0.4, -0.2) is 27.3 Å². The molecule has 0 bridgehead atoms. The highest BCUT2D eigenvalue weighted by molar-refractivity contribution is 7.90. The quantitative estimate of drug-likeness (QED) is 0.880. The number of benzene rings is 1. The maximum absolute atomic E-state index is 11.8. The van der Waals surface area contributed by atoms with Crippen molar-refractivity contribution in [2.45, 2.75) is 18.7 Å². The minimum absolute atomic E-state index is 0.0303. The van der Waals surface area contributed by atoms with Gasteiger partial charge in [-0.2, -0.15) is 0 Å². The Kier molecular flexibility index (Phi) is 4.77. The van der Waals surface area contributed by atoms with Crippen LogP contribution in [0.15, 0.2) is 24.3 Å². The molecular formula is C11H16ClNO2S. The lowest BCUT2D eigenvalue weighted by atomic mass is 10.2. The largest absolute Gasteiger partial charge is 0.316 e. The third-order valence-electron chi connectivity index (χ3n) is 2.30. The van der Waals surface area contributed by atoms with E-state index < -0.39 is 9.84 Å². The molecule has 1 rings (SSSR count). The number of hydrogen-bond donors (Lipinski definition) is 1. The lowest BCUT2D eigenvalue weighted by molar-refractivity contribution is 0.577. The summed E-state index contributed by atoms with van der Waals surface area (Å²) in [6.07, 6.45) is 0. The molecular weight excluding hydrogens is 246 g/mol. The van der Waals surface area contributed by atoms with E-state index in [1.165, 1.54) is 0 Å². The molecule has 5 heteroatoms. The minimum atomic E-state index is -3.06. The van der Waals surface area contributed by atoms with Gasteiger partial charge >= 0.3 is 0 Å². The number of hydrogen-bond acceptors (Lipinski definition) is 3. The van der Waals surface area contributed by atoms with E-state index in [0.717, 1.165) is 5.56 Å². The molecule has 0 aliphatic rings. The van der Waals surface area contributed by atoms with E-state index in [4.69, 9.17) is 11.6 Å². The van der Waals surface area contributed by atoms with Crippen molar-refractivity contribution in [1.29, 1.82) is 0 Å². The highest BCUT2D eigenvalue weighted by atomic mass is 35.5. The van der Waals surface area contributed by atoms with E-state index in [1.807, 2.05) is 6.92 Å². The summed E-state index contributed by atoms with van der Waals surface area (Å²) in [6, 6.07) is 6.85. The Hall–Kier alpha value is -0.580. The van der Waals surface area contributed by atoms with Gasteiger partial charge in [-0.05, 0) is 31.7 Å². The second-order valence-corrected chi connectivity index (χ2v) is 6.42. The smallest absolute Gasteiger partial charge is 0.155 e. The predicted molar refractivity (Wildman–Crippen MR) is 67.5 cm³/mol. The lowest BCUT2D eigenvalue weighted by Crippen LogP contribution is -2.30. The molecule has 3 nitrogen and oxygen atoms in total. The first-order valence-corrected chi connectivity index (χ1v) is 7.25. The van der Waals surface area contributed by atoms with Gasteiger partial charge < -0.3 is 5.32 Å². The Bertz CT molecular complexity index is 428. The molecule has 0 aliphatic heterocycles. The van der Waals surface area contributed by atoms with Gasteiger partial charge in [-0.15, -0.1) is 0 Å². The summed E-state index contributed by atoms with van der Waals surface area (Å²) in [5.74, 6) is 0.211. The molecule has 1 N–H and O–H groups in total. The molecule has 90 valence electrons. The molecule has 1 aromatic rings. The monoisotopic (exact) mass is 261 g/mol. The topological polar surface area (TPSA) is 46.2 Å². The Morgan fingerprint density at radius 1 is 1.31 bits per heavy atom. The van der Waals surface area contributed by atoms with Gasteiger partial charge in [0.15, 0.2) is 9.84 Å². The minimum Gasteiger partial charge on any atom is -0.316 e. The molecule has 1 atom stereocenters. The zero-order valence-electron chi connectivity index (χ0n) is 9.40. The fourth-order valence-corrected chi connectivity index (χ4v) is 3.23. The molecule has 0 heterocycles. The van der Waals surface area contributed by atoms with Crippen molar-refractivity contribution in [1.82, 2.24) is 5.32 Å². The normalized spacial score (nSPS) is 13.7. The molecule has 0 saturated carbocycles. The molecule has 0 amide bonds. The standard InChI is InChI=1S/C11H16ClNO2S/c1-9(13-2)7-16(14,15)8-10-3-5-11(12)6-4-10/h3-6,9,13H,7-8H2,1-2H3. The van der Waals surface area contributed by atoms with Crippen molar-refractivity contribution in [3.63, 3.8) is 0 Å². The van der Waals surface area contributed by atoms with Crippen LogP contribution >= 0.6 is 11.6 Å². The Morgan fingerprint density at radius 3 is 2.38 bits per heavy atom. The highest BCUT2D eigenvalue weighted by Crippen LogP contribution is 2.12. The van der Waals surface area contributed by atoms with E-state index in [-0.39, 0.29) is 17.5 Å². The van der Waals surface area contributed by atoms with Crippen LogP contribution in [0.25, 0.3) is 0 Å². The van der Waals surface area contributed by atoms with Crippen LogP contribution in [0.4, 0.5) is 0 Å². The molecule has 0 spiro atoms. The van der Waals surface area contributed by atoms with Crippen LogP contribution in [0.3, 0.4) is 0 Å². The lowest BCUT2D eigenvalue weighted by Gasteiger charge is -2.10. The second-order valence-electron chi connectivity index (χ2n) is 3.87. The number of rotatable bonds is 5. The third kappa shape index (κ3) is 4.51. The highest BCUT2D eigenvalue weighted by Gasteiger charge is 2.15. The van der Waals surface area contributed by atoms with Crippen molar-refractivity contribution >= 4 is 21.4 Å². The first-order chi connectivity index (χ1) is 7.43. The predicted octanol–water partition coefficient (Wildman–Crippen LogP) is 1.86. The molecule has 0 saturated heterocycles. The van der Waals surface area contributed by atoms with E-state index >= 15 is 0 Å². The summed E-state index contributed by atoms with van der Waals surface area (Å²) >= 11 is 5.73. The molecule has 1 unspecified atom stereocenters. The van der Waals surface area contributed by atoms with E-state index in [0.29, 0.717) is 5.02 Å². The van der Waals surface area contributed by atoms with Gasteiger partial charge in [-0.25, -0.2) is 8.42 Å². The van der Waals surface area contributed by atoms with Crippen LogP contribution in [-0.2, 0) is 15.6 Å². The summed E-state index contributed by atoms with van der Waals surface area (Å²) in [7, 11) is -1.31. The molecule has 0 fully saturated rings. The van der Waals surface area contributed by atoms with Gasteiger partial charge in [-0.3, -0.25) is 0 Å². The van der Waals surface area contributed by atoms with E-state index in [1.54, 1.807) is 31.3 Å². The third-order valence-corrected chi connectivity index (χ3v) is 4.33. The summed E-state index contributed by atoms with van der Waals surface area (Å²) in [5.41, 5.74) is 0.771. The number of sulfone groups is 1. The molecule has 0 aromatic heterocycles. The number of nitrogens with one attached hydrogen (secondary N) is 1. The van der Waals surface area contributed by atoms with Crippen LogP contribution in [0.1, 0.15) is 12.5 Å². The van der Waals surface area contributed by atoms with Crippen LogP contribution < -0.4 is 5.32 Å². The molecule has 16 heavy (non-hydrogen) atoms. The van der Waals surface area contributed by atoms with Gasteiger partial charge in [0.25, 0.3) is 0 Å². The summed E-state index contributed by atoms with van der Waals surface area (Å²) in [5, 5.41) is 3.53. The van der Waals surface area contributed by atoms with Crippen molar-refractivity contribution in [2.24, 2.45) is 0 Å². The fourth-order valence-electron chi connectivity index (χ4n) is 1.36. The van der Waals surface area contributed by atoms with Gasteiger partial charge in [0.2, 0.25) is 0 Å². The summed E-state index contributed by atoms with van der Waals surface area (Å²) in [4.78, 5) is 0. The molecule has 0 aliphatic carbocycles. The summed E-state index contributed by atoms with van der Waals surface area (Å²) in [6.45, 7) is 1.85. The van der Waals surface area contributed by atoms with E-state index in [9.17, 15) is 8.42 Å². The van der Waals surface area contributed by atoms with Crippen molar-refractivity contribution < 1.29 is 8.42 Å². The Morgan fingerprint density at radius 2 is 1.88 bits per heavy atom. The van der Waals surface area contributed by atoms with Gasteiger partial charge in [0, 0.05) is 11.1 Å². The Balaban J connectivity index is 2.69. The van der Waals surface area contributed by atoms with Gasteiger partial charge in [0.1, 0.15) is 0 Å². The zero-order valence-corrected chi connectivity index (χ0v) is 11.0. The Labute approximate surface area is 102 Å². The van der Waals surface area contributed by atoms with Crippen LogP contribution in [0.5, 0.6) is 0 Å². The fraction of sp³-hybridized carbons (Fsp3) is 0.455. The average molecular weight is 262 g/mol. The first kappa shape index (κ1) is 13.5. The summed E-state index contributed by atoms with van der Waals surface area (Å²) < 4.78 is 23.6. The van der Waals surface area contributed by atoms with Crippen LogP contribution in [0.2, 0.25) is 5.02 Å². The van der Waals surface area contributed by atoms with Gasteiger partial charge in [0.05, 0.1) is 11.5 Å². The first-order valence-electron chi connectivity index (χ1n) is 5.05. The second kappa shape index (κ2) is 5.66. The van der Waals surface area contributed by atoms with Gasteiger partial charge in [-0.1, -0.05) is 23.7 Å². The van der Waals surface area contributed by atoms with Crippen molar-refractivity contribution in [3.05, 3.63) is 34.9 Å². The van der Waals surface area contributed by atoms with Crippen LogP contribution in [0, 0.1) is 0 Å². The maximum atomic E-state index is 11.8.